The number of carbonyl (C=O) groups excluding carboxylic acids is 4. The zero-order chi connectivity index (χ0) is 57.9. The minimum absolute atomic E-state index is 0.000611. The van der Waals surface area contributed by atoms with Crippen LogP contribution in [-0.4, -0.2) is 75.1 Å². The van der Waals surface area contributed by atoms with E-state index in [0.29, 0.717) is 33.5 Å². The number of alkyl halides is 10. The van der Waals surface area contributed by atoms with Crippen LogP contribution in [0.4, 0.5) is 55.3 Å². The number of esters is 2. The number of ketones is 2. The number of nitrogen functional groups attached to an aromatic ring is 2. The average Bonchev–Trinajstić information content (AvgIpc) is 3.51. The molecule has 0 heterocycles. The lowest BCUT2D eigenvalue weighted by molar-refractivity contribution is -0.284. The van der Waals surface area contributed by atoms with Crippen LogP contribution in [0.3, 0.4) is 0 Å². The van der Waals surface area contributed by atoms with Gasteiger partial charge >= 0.3 is 36.1 Å². The summed E-state index contributed by atoms with van der Waals surface area (Å²) in [6, 6.07) is 27.6. The molecule has 4 N–H and O–H groups in total. The van der Waals surface area contributed by atoms with E-state index in [9.17, 15) is 63.1 Å². The molecule has 22 heteroatoms. The normalized spacial score (nSPS) is 12.1. The lowest BCUT2D eigenvalue weighted by atomic mass is 9.88. The van der Waals surface area contributed by atoms with E-state index in [1.54, 1.807) is 55.5 Å². The summed E-state index contributed by atoms with van der Waals surface area (Å²) in [5.41, 5.74) is 15.5. The molecule has 0 unspecified atom stereocenters. The van der Waals surface area contributed by atoms with E-state index in [1.807, 2.05) is 0 Å². The summed E-state index contributed by atoms with van der Waals surface area (Å²) in [5.74, 6) is -12.1. The monoisotopic (exact) mass is 1110 g/mol. The number of rotatable bonds is 23. The van der Waals surface area contributed by atoms with Crippen molar-refractivity contribution in [3.63, 3.8) is 0 Å². The second kappa shape index (κ2) is 25.1. The third-order valence-corrected chi connectivity index (χ3v) is 11.8. The molecule has 0 aliphatic carbocycles. The van der Waals surface area contributed by atoms with E-state index in [4.69, 9.17) is 39.9 Å². The number of benzene rings is 6. The SMILES string of the molecule is COc1cc(C(=O)Oc2ccc(C=CC(=O)c3cc(N)ccc3-c3ccc(N)c(C)c3C(=O)C=Cc3ccc(OC(=O)c4ccc(OCCCC(F)(F)C(F)(F)F)c(OC)c4)cc3)cc2)ccc1OCCCC(F)(F)C(F)(F)F. The van der Waals surface area contributed by atoms with Crippen molar-refractivity contribution >= 4 is 47.0 Å². The molecule has 6 rings (SSSR count). The van der Waals surface area contributed by atoms with Gasteiger partial charge in [0.2, 0.25) is 0 Å². The van der Waals surface area contributed by atoms with E-state index in [0.717, 1.165) is 0 Å². The first-order valence-corrected chi connectivity index (χ1v) is 23.6. The number of hydrogen-bond donors (Lipinski definition) is 2. The van der Waals surface area contributed by atoms with Crippen LogP contribution in [0.1, 0.15) is 83.8 Å². The molecule has 0 atom stereocenters. The molecule has 0 fully saturated rings. The van der Waals surface area contributed by atoms with Gasteiger partial charge in [0.25, 0.3) is 0 Å². The molecule has 6 aromatic rings. The fourth-order valence-corrected chi connectivity index (χ4v) is 7.48. The van der Waals surface area contributed by atoms with Gasteiger partial charge in [0.05, 0.1) is 38.6 Å². The van der Waals surface area contributed by atoms with Gasteiger partial charge in [-0.15, -0.1) is 0 Å². The van der Waals surface area contributed by atoms with Gasteiger partial charge in [-0.3, -0.25) is 9.59 Å². The van der Waals surface area contributed by atoms with Crippen molar-refractivity contribution < 1.29 is 91.5 Å². The van der Waals surface area contributed by atoms with Crippen LogP contribution in [0, 0.1) is 6.92 Å². The Morgan fingerprint density at radius 3 is 1.37 bits per heavy atom. The fraction of sp³-hybridized carbons (Fsp3) is 0.228. The molecular weight excluding hydrogens is 1060 g/mol. The lowest BCUT2D eigenvalue weighted by Crippen LogP contribution is -2.36. The number of carbonyl (C=O) groups is 4. The smallest absolute Gasteiger partial charge is 0.453 e. The molecule has 0 bridgehead atoms. The average molecular weight is 1110 g/mol. The summed E-state index contributed by atoms with van der Waals surface area (Å²) in [4.78, 5) is 53.9. The quantitative estimate of drug-likeness (QED) is 0.0118. The maximum absolute atomic E-state index is 14.0. The molecule has 0 aliphatic heterocycles. The Balaban J connectivity index is 1.08. The zero-order valence-corrected chi connectivity index (χ0v) is 42.0. The van der Waals surface area contributed by atoms with E-state index in [1.165, 1.54) is 105 Å². The van der Waals surface area contributed by atoms with Crippen molar-refractivity contribution in [1.82, 2.24) is 0 Å². The van der Waals surface area contributed by atoms with Crippen LogP contribution in [0.15, 0.2) is 127 Å². The molecule has 416 valence electrons. The lowest BCUT2D eigenvalue weighted by Gasteiger charge is -2.19. The molecule has 6 aromatic carbocycles. The Bertz CT molecular complexity index is 3250. The first-order valence-electron chi connectivity index (χ1n) is 23.6. The van der Waals surface area contributed by atoms with Crippen LogP contribution in [-0.2, 0) is 0 Å². The molecule has 0 saturated heterocycles. The Kier molecular flexibility index (Phi) is 18.9. The second-order valence-electron chi connectivity index (χ2n) is 17.4. The second-order valence-corrected chi connectivity index (χ2v) is 17.4. The first kappa shape index (κ1) is 59.4. The van der Waals surface area contributed by atoms with Crippen molar-refractivity contribution in [3.8, 4) is 45.6 Å². The first-order chi connectivity index (χ1) is 37.2. The number of halogens is 10. The van der Waals surface area contributed by atoms with Crippen molar-refractivity contribution in [2.24, 2.45) is 0 Å². The van der Waals surface area contributed by atoms with Crippen LogP contribution in [0.5, 0.6) is 34.5 Å². The Hall–Kier alpha value is -8.82. The largest absolute Gasteiger partial charge is 0.493 e. The van der Waals surface area contributed by atoms with Crippen LogP contribution < -0.4 is 39.9 Å². The molecule has 0 radical (unpaired) electrons. The highest BCUT2D eigenvalue weighted by atomic mass is 19.4. The molecule has 0 amide bonds. The summed E-state index contributed by atoms with van der Waals surface area (Å²) in [7, 11) is 2.48. The Labute approximate surface area is 445 Å². The van der Waals surface area contributed by atoms with E-state index in [-0.39, 0.29) is 62.4 Å². The molecular formula is C57H48F10N2O10. The van der Waals surface area contributed by atoms with Gasteiger partial charge in [0.1, 0.15) is 11.5 Å². The molecule has 0 saturated carbocycles. The van der Waals surface area contributed by atoms with Crippen LogP contribution in [0.25, 0.3) is 23.3 Å². The van der Waals surface area contributed by atoms with Gasteiger partial charge < -0.3 is 39.9 Å². The van der Waals surface area contributed by atoms with Gasteiger partial charge in [-0.25, -0.2) is 9.59 Å². The van der Waals surface area contributed by atoms with Crippen LogP contribution >= 0.6 is 0 Å². The van der Waals surface area contributed by atoms with Gasteiger partial charge in [0, 0.05) is 35.3 Å². The molecule has 12 nitrogen and oxygen atoms in total. The molecule has 79 heavy (non-hydrogen) atoms. The van der Waals surface area contributed by atoms with Gasteiger partial charge in [-0.2, -0.15) is 43.9 Å². The summed E-state index contributed by atoms with van der Waals surface area (Å²) in [6.45, 7) is 0.683. The molecule has 0 aromatic heterocycles. The minimum atomic E-state index is -5.69. The minimum Gasteiger partial charge on any atom is -0.493 e. The van der Waals surface area contributed by atoms with Crippen molar-refractivity contribution in [1.29, 1.82) is 0 Å². The Morgan fingerprint density at radius 2 is 0.937 bits per heavy atom. The molecule has 0 aliphatic rings. The summed E-state index contributed by atoms with van der Waals surface area (Å²) < 4.78 is 160. The standard InChI is InChI=1S/C57H48F10N2O10/c1-33-44(69)21-20-42(51(33)46(71)23-11-35-8-17-40(18-9-35)79-53(73)37-13-25-48(50(31-37)75-3)77-29-5-27-55(60,61)57(65,66)67)41-19-14-38(68)32-43(41)45(70)22-10-34-6-15-39(16-7-34)78-52(72)36-12-24-47(49(30-36)74-2)76-28-4-26-54(58,59)56(62,63)64/h6-25,30-32H,4-5,26-29,68-69H2,1-3H3. The van der Waals surface area contributed by atoms with Gasteiger partial charge in [0.15, 0.2) is 34.6 Å². The number of anilines is 2. The molecule has 0 spiro atoms. The third kappa shape index (κ3) is 15.2. The number of hydrogen-bond acceptors (Lipinski definition) is 12. The summed E-state index contributed by atoms with van der Waals surface area (Å²) in [5, 5.41) is 0. The number of allylic oxidation sites excluding steroid dienone is 2. The number of nitrogens with two attached hydrogens (primary N) is 2. The highest BCUT2D eigenvalue weighted by Gasteiger charge is 2.57. The van der Waals surface area contributed by atoms with Crippen molar-refractivity contribution in [2.45, 2.75) is 56.8 Å². The Morgan fingerprint density at radius 1 is 0.506 bits per heavy atom. The zero-order valence-electron chi connectivity index (χ0n) is 42.0. The van der Waals surface area contributed by atoms with E-state index in [2.05, 4.69) is 0 Å². The van der Waals surface area contributed by atoms with Gasteiger partial charge in [-0.05, 0) is 139 Å². The predicted molar refractivity (Wildman–Crippen MR) is 272 cm³/mol. The summed E-state index contributed by atoms with van der Waals surface area (Å²) >= 11 is 0. The summed E-state index contributed by atoms with van der Waals surface area (Å²) in [6.07, 6.45) is -9.95. The van der Waals surface area contributed by atoms with Crippen LogP contribution in [0.2, 0.25) is 0 Å². The number of methoxy groups -OCH3 is 2. The topological polar surface area (TPSA) is 176 Å². The predicted octanol–water partition coefficient (Wildman–Crippen LogP) is 13.8. The van der Waals surface area contributed by atoms with Gasteiger partial charge in [-0.1, -0.05) is 48.6 Å². The maximum Gasteiger partial charge on any atom is 0.453 e. The van der Waals surface area contributed by atoms with E-state index >= 15 is 0 Å². The maximum atomic E-state index is 14.0. The fourth-order valence-electron chi connectivity index (χ4n) is 7.48. The third-order valence-electron chi connectivity index (χ3n) is 11.8. The highest BCUT2D eigenvalue weighted by Crippen LogP contribution is 2.41. The van der Waals surface area contributed by atoms with E-state index < -0.39 is 86.6 Å². The van der Waals surface area contributed by atoms with Crippen molar-refractivity contribution in [3.05, 3.63) is 166 Å². The highest BCUT2D eigenvalue weighted by molar-refractivity contribution is 6.16. The number of ether oxygens (including phenoxy) is 6. The van der Waals surface area contributed by atoms with Crippen molar-refractivity contribution in [2.75, 3.05) is 38.9 Å².